The van der Waals surface area contributed by atoms with Gasteiger partial charge in [-0.1, -0.05) is 56.1 Å². The number of nitrogens with one attached hydrogen (secondary N) is 1. The first-order valence-corrected chi connectivity index (χ1v) is 13.3. The maximum absolute atomic E-state index is 13.2. The van der Waals surface area contributed by atoms with E-state index in [0.29, 0.717) is 45.8 Å². The summed E-state index contributed by atoms with van der Waals surface area (Å²) in [5, 5.41) is 3.46. The minimum Gasteiger partial charge on any atom is -0.337 e. The number of hydrogen-bond donors (Lipinski definition) is 1. The summed E-state index contributed by atoms with van der Waals surface area (Å²) < 4.78 is 11.7. The SMILES string of the molecule is CS/C(=C\C(=C\NC(=O)Cc1cccc(Cl)c1Cl)C(=O)N1CCS(=O)CC1)C(C)(C)C. The van der Waals surface area contributed by atoms with Gasteiger partial charge in [-0.15, -0.1) is 11.8 Å². The van der Waals surface area contributed by atoms with Crippen LogP contribution in [0, 0.1) is 5.41 Å². The lowest BCUT2D eigenvalue weighted by Crippen LogP contribution is -2.42. The Morgan fingerprint density at radius 3 is 2.45 bits per heavy atom. The third kappa shape index (κ3) is 7.67. The molecule has 0 aliphatic carbocycles. The second-order valence-electron chi connectivity index (χ2n) is 8.16. The molecule has 0 atom stereocenters. The van der Waals surface area contributed by atoms with Crippen molar-refractivity contribution in [1.82, 2.24) is 10.2 Å². The van der Waals surface area contributed by atoms with Crippen molar-refractivity contribution in [1.29, 1.82) is 0 Å². The zero-order valence-electron chi connectivity index (χ0n) is 18.2. The fraction of sp³-hybridized carbons (Fsp3) is 0.455. The lowest BCUT2D eigenvalue weighted by Gasteiger charge is -2.28. The number of allylic oxidation sites excluding steroid dienone is 1. The van der Waals surface area contributed by atoms with Crippen molar-refractivity contribution in [2.24, 2.45) is 5.41 Å². The van der Waals surface area contributed by atoms with Crippen LogP contribution in [0.15, 0.2) is 41.0 Å². The van der Waals surface area contributed by atoms with E-state index in [0.717, 1.165) is 4.91 Å². The highest BCUT2D eigenvalue weighted by molar-refractivity contribution is 8.02. The molecule has 1 saturated heterocycles. The van der Waals surface area contributed by atoms with E-state index in [-0.39, 0.29) is 23.7 Å². The van der Waals surface area contributed by atoms with Gasteiger partial charge in [0.05, 0.1) is 22.0 Å². The van der Waals surface area contributed by atoms with Crippen LogP contribution in [-0.4, -0.2) is 51.8 Å². The molecule has 1 fully saturated rings. The van der Waals surface area contributed by atoms with Crippen molar-refractivity contribution in [3.8, 4) is 0 Å². The van der Waals surface area contributed by atoms with Gasteiger partial charge in [0.25, 0.3) is 5.91 Å². The van der Waals surface area contributed by atoms with Crippen molar-refractivity contribution in [2.45, 2.75) is 27.2 Å². The van der Waals surface area contributed by atoms with E-state index in [1.807, 2.05) is 12.3 Å². The van der Waals surface area contributed by atoms with E-state index >= 15 is 0 Å². The van der Waals surface area contributed by atoms with Crippen molar-refractivity contribution < 1.29 is 13.8 Å². The Bertz CT molecular complexity index is 914. The Morgan fingerprint density at radius 1 is 1.23 bits per heavy atom. The number of benzene rings is 1. The third-order valence-corrected chi connectivity index (χ3v) is 8.03. The highest BCUT2D eigenvalue weighted by Crippen LogP contribution is 2.34. The van der Waals surface area contributed by atoms with E-state index in [2.05, 4.69) is 26.1 Å². The smallest absolute Gasteiger partial charge is 0.255 e. The van der Waals surface area contributed by atoms with Crippen molar-refractivity contribution in [3.05, 3.63) is 56.6 Å². The average Bonchev–Trinajstić information content (AvgIpc) is 2.70. The monoisotopic (exact) mass is 502 g/mol. The molecule has 0 radical (unpaired) electrons. The van der Waals surface area contributed by atoms with Gasteiger partial charge in [-0.3, -0.25) is 13.8 Å². The molecule has 0 spiro atoms. The van der Waals surface area contributed by atoms with Crippen LogP contribution >= 0.6 is 35.0 Å². The topological polar surface area (TPSA) is 66.5 Å². The Kier molecular flexibility index (Phi) is 9.67. The molecule has 0 bridgehead atoms. The van der Waals surface area contributed by atoms with Gasteiger partial charge in [0, 0.05) is 41.6 Å². The Balaban J connectivity index is 2.26. The maximum Gasteiger partial charge on any atom is 0.255 e. The molecule has 2 rings (SSSR count). The molecule has 1 aliphatic rings. The molecule has 0 unspecified atom stereocenters. The number of carbonyl (C=O) groups is 2. The molecule has 0 aromatic heterocycles. The lowest BCUT2D eigenvalue weighted by atomic mass is 9.94. The van der Waals surface area contributed by atoms with Crippen molar-refractivity contribution >= 4 is 57.6 Å². The molecular weight excluding hydrogens is 475 g/mol. The van der Waals surface area contributed by atoms with E-state index in [4.69, 9.17) is 23.2 Å². The van der Waals surface area contributed by atoms with E-state index in [1.165, 1.54) is 6.20 Å². The second-order valence-corrected chi connectivity index (χ2v) is 11.5. The van der Waals surface area contributed by atoms with Gasteiger partial charge in [-0.2, -0.15) is 0 Å². The number of halogens is 2. The third-order valence-electron chi connectivity index (χ3n) is 4.73. The zero-order chi connectivity index (χ0) is 23.2. The summed E-state index contributed by atoms with van der Waals surface area (Å²) in [6, 6.07) is 5.14. The molecule has 2 amide bonds. The number of amides is 2. The molecule has 170 valence electrons. The average molecular weight is 504 g/mol. The predicted molar refractivity (Wildman–Crippen MR) is 132 cm³/mol. The van der Waals surface area contributed by atoms with Crippen LogP contribution in [0.2, 0.25) is 10.0 Å². The first-order valence-electron chi connectivity index (χ1n) is 9.85. The molecule has 1 aliphatic heterocycles. The molecule has 0 saturated carbocycles. The largest absolute Gasteiger partial charge is 0.337 e. The molecule has 9 heteroatoms. The van der Waals surface area contributed by atoms with Gasteiger partial charge in [-0.25, -0.2) is 0 Å². The van der Waals surface area contributed by atoms with Crippen LogP contribution in [0.25, 0.3) is 0 Å². The first kappa shape index (κ1) is 26.0. The molecule has 1 N–H and O–H groups in total. The Labute approximate surface area is 201 Å². The quantitative estimate of drug-likeness (QED) is 0.461. The van der Waals surface area contributed by atoms with Gasteiger partial charge < -0.3 is 10.2 Å². The van der Waals surface area contributed by atoms with Gasteiger partial charge in [0.2, 0.25) is 5.91 Å². The fourth-order valence-electron chi connectivity index (χ4n) is 2.98. The number of carbonyl (C=O) groups excluding carboxylic acids is 2. The summed E-state index contributed by atoms with van der Waals surface area (Å²) in [7, 11) is -0.881. The molecule has 5 nitrogen and oxygen atoms in total. The molecule has 1 heterocycles. The Morgan fingerprint density at radius 2 is 1.87 bits per heavy atom. The van der Waals surface area contributed by atoms with Gasteiger partial charge in [-0.05, 0) is 34.3 Å². The zero-order valence-corrected chi connectivity index (χ0v) is 21.3. The van der Waals surface area contributed by atoms with Gasteiger partial charge >= 0.3 is 0 Å². The van der Waals surface area contributed by atoms with Crippen LogP contribution in [-0.2, 0) is 26.8 Å². The summed E-state index contributed by atoms with van der Waals surface area (Å²) in [5.74, 6) is 0.450. The van der Waals surface area contributed by atoms with Crippen LogP contribution in [0.5, 0.6) is 0 Å². The summed E-state index contributed by atoms with van der Waals surface area (Å²) in [5.41, 5.74) is 0.847. The number of rotatable bonds is 6. The van der Waals surface area contributed by atoms with Gasteiger partial charge in [0.1, 0.15) is 0 Å². The maximum atomic E-state index is 13.2. The summed E-state index contributed by atoms with van der Waals surface area (Å²) in [6.07, 6.45) is 5.28. The molecule has 1 aromatic carbocycles. The van der Waals surface area contributed by atoms with Crippen molar-refractivity contribution in [3.63, 3.8) is 0 Å². The highest BCUT2D eigenvalue weighted by atomic mass is 35.5. The standard InChI is InChI=1S/C22H28Cl2N2O3S2/c1-22(2,3)18(30-4)12-16(21(28)26-8-10-31(29)11-9-26)14-25-19(27)13-15-6-5-7-17(23)20(15)24/h5-7,12,14H,8-11,13H2,1-4H3,(H,25,27)/b16-14-,18-12-. The minimum atomic E-state index is -0.881. The number of hydrogen-bond acceptors (Lipinski definition) is 4. The lowest BCUT2D eigenvalue weighted by molar-refractivity contribution is -0.126. The summed E-state index contributed by atoms with van der Waals surface area (Å²) >= 11 is 13.8. The van der Waals surface area contributed by atoms with E-state index in [9.17, 15) is 13.8 Å². The normalized spacial score (nSPS) is 16.4. The predicted octanol–water partition coefficient (Wildman–Crippen LogP) is 4.42. The van der Waals surface area contributed by atoms with Crippen LogP contribution in [0.4, 0.5) is 0 Å². The van der Waals surface area contributed by atoms with Gasteiger partial charge in [0.15, 0.2) is 0 Å². The number of thioether (sulfide) groups is 1. The first-order chi connectivity index (χ1) is 14.5. The molecule has 1 aromatic rings. The van der Waals surface area contributed by atoms with E-state index < -0.39 is 10.8 Å². The summed E-state index contributed by atoms with van der Waals surface area (Å²) in [4.78, 5) is 28.4. The highest BCUT2D eigenvalue weighted by Gasteiger charge is 2.24. The summed E-state index contributed by atoms with van der Waals surface area (Å²) in [6.45, 7) is 7.09. The van der Waals surface area contributed by atoms with Crippen LogP contribution in [0.3, 0.4) is 0 Å². The van der Waals surface area contributed by atoms with E-state index in [1.54, 1.807) is 34.9 Å². The number of nitrogens with zero attached hydrogens (tertiary/aromatic N) is 1. The van der Waals surface area contributed by atoms with Crippen LogP contribution < -0.4 is 5.32 Å². The second kappa shape index (κ2) is 11.5. The fourth-order valence-corrected chi connectivity index (χ4v) is 5.28. The minimum absolute atomic E-state index is 0.0401. The molecular formula is C22H28Cl2N2O3S2. The Hall–Kier alpha value is -1.28. The van der Waals surface area contributed by atoms with Crippen LogP contribution in [0.1, 0.15) is 26.3 Å². The molecule has 31 heavy (non-hydrogen) atoms. The van der Waals surface area contributed by atoms with Crippen molar-refractivity contribution in [2.75, 3.05) is 30.9 Å².